The Kier molecular flexibility index (Phi) is 6.07. The summed E-state index contributed by atoms with van der Waals surface area (Å²) in [4.78, 5) is 4.99. The number of furan rings is 1. The topological polar surface area (TPSA) is 31.6 Å². The fourth-order valence-corrected chi connectivity index (χ4v) is 3.19. The molecule has 1 aliphatic heterocycles. The molecule has 2 heterocycles. The number of rotatable bonds is 6. The van der Waals surface area contributed by atoms with Crippen molar-refractivity contribution in [3.05, 3.63) is 59.0 Å². The smallest absolute Gasteiger partial charge is 0.117 e. The Labute approximate surface area is 145 Å². The highest BCUT2D eigenvalue weighted by atomic mass is 16.3. The van der Waals surface area contributed by atoms with Gasteiger partial charge in [-0.25, -0.2) is 0 Å². The molecule has 1 aliphatic rings. The first-order valence-corrected chi connectivity index (χ1v) is 8.94. The van der Waals surface area contributed by atoms with Crippen LogP contribution >= 0.6 is 0 Å². The summed E-state index contributed by atoms with van der Waals surface area (Å²) in [6.45, 7) is 9.45. The first kappa shape index (κ1) is 17.2. The van der Waals surface area contributed by atoms with Gasteiger partial charge in [-0.1, -0.05) is 24.3 Å². The van der Waals surface area contributed by atoms with Gasteiger partial charge in [0.05, 0.1) is 6.54 Å². The van der Waals surface area contributed by atoms with Crippen LogP contribution in [0.15, 0.2) is 40.8 Å². The number of hydrogen-bond donors (Lipinski definition) is 1. The van der Waals surface area contributed by atoms with Crippen molar-refractivity contribution in [3.8, 4) is 0 Å². The monoisotopic (exact) mass is 327 g/mol. The van der Waals surface area contributed by atoms with Gasteiger partial charge in [0.1, 0.15) is 11.5 Å². The molecule has 0 radical (unpaired) electrons. The summed E-state index contributed by atoms with van der Waals surface area (Å²) in [6, 6.07) is 13.0. The van der Waals surface area contributed by atoms with Crippen molar-refractivity contribution in [2.75, 3.05) is 33.2 Å². The number of hydrogen-bond acceptors (Lipinski definition) is 4. The van der Waals surface area contributed by atoms with Crippen LogP contribution in [-0.2, 0) is 19.6 Å². The summed E-state index contributed by atoms with van der Waals surface area (Å²) in [5, 5.41) is 3.44. The van der Waals surface area contributed by atoms with E-state index in [0.29, 0.717) is 0 Å². The molecule has 1 saturated heterocycles. The van der Waals surface area contributed by atoms with Crippen molar-refractivity contribution in [2.45, 2.75) is 33.0 Å². The van der Waals surface area contributed by atoms with Crippen molar-refractivity contribution in [1.29, 1.82) is 0 Å². The Morgan fingerprint density at radius 2 is 1.71 bits per heavy atom. The average molecular weight is 327 g/mol. The van der Waals surface area contributed by atoms with Gasteiger partial charge in [0.2, 0.25) is 0 Å². The zero-order valence-corrected chi connectivity index (χ0v) is 14.9. The van der Waals surface area contributed by atoms with Crippen LogP contribution in [0.1, 0.15) is 29.1 Å². The van der Waals surface area contributed by atoms with E-state index in [1.807, 2.05) is 19.1 Å². The third kappa shape index (κ3) is 5.20. The van der Waals surface area contributed by atoms with E-state index in [-0.39, 0.29) is 0 Å². The highest BCUT2D eigenvalue weighted by Gasteiger charge is 2.12. The largest absolute Gasteiger partial charge is 0.465 e. The van der Waals surface area contributed by atoms with Crippen molar-refractivity contribution >= 4 is 0 Å². The van der Waals surface area contributed by atoms with Crippen molar-refractivity contribution < 1.29 is 4.42 Å². The van der Waals surface area contributed by atoms with Gasteiger partial charge >= 0.3 is 0 Å². The maximum Gasteiger partial charge on any atom is 0.117 e. The van der Waals surface area contributed by atoms with E-state index in [2.05, 4.69) is 46.4 Å². The lowest BCUT2D eigenvalue weighted by molar-refractivity contribution is 0.269. The molecule has 1 aromatic heterocycles. The molecule has 0 amide bonds. The molecule has 0 saturated carbocycles. The maximum absolute atomic E-state index is 5.57. The second-order valence-electron chi connectivity index (χ2n) is 6.87. The second kappa shape index (κ2) is 8.47. The normalized spacial score (nSPS) is 17.1. The quantitative estimate of drug-likeness (QED) is 0.884. The number of likely N-dealkylation sites (N-methyl/N-ethyl adjacent to an activating group) is 1. The lowest BCUT2D eigenvalue weighted by Crippen LogP contribution is -2.28. The third-order valence-electron chi connectivity index (χ3n) is 4.67. The van der Waals surface area contributed by atoms with E-state index < -0.39 is 0 Å². The minimum absolute atomic E-state index is 0.775. The van der Waals surface area contributed by atoms with Crippen LogP contribution in [0.25, 0.3) is 0 Å². The van der Waals surface area contributed by atoms with Gasteiger partial charge < -0.3 is 14.6 Å². The number of benzene rings is 1. The van der Waals surface area contributed by atoms with Gasteiger partial charge in [0, 0.05) is 26.2 Å². The molecule has 1 aromatic carbocycles. The standard InChI is InChI=1S/C20H29N3O/c1-17-4-9-20(24-17)15-21-14-18-5-7-19(8-6-18)16-23-11-3-10-22(2)12-13-23/h4-9,21H,3,10-16H2,1-2H3. The summed E-state index contributed by atoms with van der Waals surface area (Å²) in [7, 11) is 2.22. The van der Waals surface area contributed by atoms with Gasteiger partial charge in [0.15, 0.2) is 0 Å². The zero-order chi connectivity index (χ0) is 16.8. The molecule has 2 aromatic rings. The van der Waals surface area contributed by atoms with E-state index in [0.717, 1.165) is 31.2 Å². The summed E-state index contributed by atoms with van der Waals surface area (Å²) < 4.78 is 5.57. The van der Waals surface area contributed by atoms with Crippen LogP contribution in [0, 0.1) is 6.92 Å². The average Bonchev–Trinajstić information content (AvgIpc) is 2.88. The van der Waals surface area contributed by atoms with Gasteiger partial charge in [-0.05, 0) is 56.7 Å². The molecule has 0 spiro atoms. The molecule has 4 nitrogen and oxygen atoms in total. The summed E-state index contributed by atoms with van der Waals surface area (Å²) in [5.74, 6) is 1.96. The first-order chi connectivity index (χ1) is 11.7. The fourth-order valence-electron chi connectivity index (χ4n) is 3.19. The van der Waals surface area contributed by atoms with Crippen LogP contribution in [0.2, 0.25) is 0 Å². The molecule has 0 unspecified atom stereocenters. The molecule has 3 rings (SSSR count). The van der Waals surface area contributed by atoms with Crippen LogP contribution < -0.4 is 5.32 Å². The second-order valence-corrected chi connectivity index (χ2v) is 6.87. The lowest BCUT2D eigenvalue weighted by atomic mass is 10.1. The highest BCUT2D eigenvalue weighted by molar-refractivity contribution is 5.22. The number of aryl methyl sites for hydroxylation is 1. The summed E-state index contributed by atoms with van der Waals surface area (Å²) in [6.07, 6.45) is 1.27. The van der Waals surface area contributed by atoms with E-state index in [1.54, 1.807) is 0 Å². The minimum Gasteiger partial charge on any atom is -0.465 e. The molecule has 0 bridgehead atoms. The van der Waals surface area contributed by atoms with Crippen molar-refractivity contribution in [2.24, 2.45) is 0 Å². The Morgan fingerprint density at radius 1 is 0.917 bits per heavy atom. The molecule has 0 aliphatic carbocycles. The number of nitrogens with zero attached hydrogens (tertiary/aromatic N) is 2. The van der Waals surface area contributed by atoms with Gasteiger partial charge in [-0.3, -0.25) is 4.90 Å². The molecule has 130 valence electrons. The number of nitrogens with one attached hydrogen (secondary N) is 1. The molecular weight excluding hydrogens is 298 g/mol. The Balaban J connectivity index is 1.44. The molecule has 1 fully saturated rings. The third-order valence-corrected chi connectivity index (χ3v) is 4.67. The molecular formula is C20H29N3O. The summed E-state index contributed by atoms with van der Waals surface area (Å²) in [5.41, 5.74) is 2.72. The SMILES string of the molecule is Cc1ccc(CNCc2ccc(CN3CCCN(C)CC3)cc2)o1. The van der Waals surface area contributed by atoms with Gasteiger partial charge in [-0.2, -0.15) is 0 Å². The molecule has 1 N–H and O–H groups in total. The van der Waals surface area contributed by atoms with Gasteiger partial charge in [0.25, 0.3) is 0 Å². The van der Waals surface area contributed by atoms with Crippen LogP contribution in [0.4, 0.5) is 0 Å². The Hall–Kier alpha value is -1.62. The van der Waals surface area contributed by atoms with E-state index >= 15 is 0 Å². The van der Waals surface area contributed by atoms with Gasteiger partial charge in [-0.15, -0.1) is 0 Å². The van der Waals surface area contributed by atoms with E-state index in [9.17, 15) is 0 Å². The van der Waals surface area contributed by atoms with Crippen LogP contribution in [0.5, 0.6) is 0 Å². The Morgan fingerprint density at radius 3 is 2.46 bits per heavy atom. The van der Waals surface area contributed by atoms with Crippen LogP contribution in [0.3, 0.4) is 0 Å². The predicted octanol–water partition coefficient (Wildman–Crippen LogP) is 3.02. The van der Waals surface area contributed by atoms with Crippen LogP contribution in [-0.4, -0.2) is 43.0 Å². The minimum atomic E-state index is 0.775. The molecule has 0 atom stereocenters. The van der Waals surface area contributed by atoms with Crippen molar-refractivity contribution in [3.63, 3.8) is 0 Å². The lowest BCUT2D eigenvalue weighted by Gasteiger charge is -2.20. The first-order valence-electron chi connectivity index (χ1n) is 8.94. The maximum atomic E-state index is 5.57. The predicted molar refractivity (Wildman–Crippen MR) is 97.8 cm³/mol. The molecule has 4 heteroatoms. The Bertz CT molecular complexity index is 620. The van der Waals surface area contributed by atoms with E-state index in [1.165, 1.54) is 43.7 Å². The van der Waals surface area contributed by atoms with E-state index in [4.69, 9.17) is 4.42 Å². The zero-order valence-electron chi connectivity index (χ0n) is 14.9. The van der Waals surface area contributed by atoms with Crippen molar-refractivity contribution in [1.82, 2.24) is 15.1 Å². The fraction of sp³-hybridized carbons (Fsp3) is 0.500. The highest BCUT2D eigenvalue weighted by Crippen LogP contribution is 2.11. The summed E-state index contributed by atoms with van der Waals surface area (Å²) >= 11 is 0. The molecule has 24 heavy (non-hydrogen) atoms.